The van der Waals surface area contributed by atoms with Gasteiger partial charge in [-0.05, 0) is 36.0 Å². The molecule has 0 aromatic heterocycles. The number of nitrogens with zero attached hydrogens (tertiary/aromatic N) is 1. The number of aliphatic hydroxyl groups is 1. The molecule has 3 N–H and O–H groups in total. The Kier molecular flexibility index (Phi) is 6.28. The Balaban J connectivity index is 1.80. The van der Waals surface area contributed by atoms with Crippen LogP contribution in [0.15, 0.2) is 18.2 Å². The molecule has 0 bridgehead atoms. The molecule has 2 atom stereocenters. The highest BCUT2D eigenvalue weighted by Crippen LogP contribution is 2.26. The molecule has 1 aliphatic rings. The van der Waals surface area contributed by atoms with Gasteiger partial charge < -0.3 is 20.6 Å². The molecule has 2 unspecified atom stereocenters. The summed E-state index contributed by atoms with van der Waals surface area (Å²) in [4.78, 5) is 14.1. The van der Waals surface area contributed by atoms with Gasteiger partial charge in [-0.3, -0.25) is 0 Å². The predicted octanol–water partition coefficient (Wildman–Crippen LogP) is 2.28. The van der Waals surface area contributed by atoms with Crippen LogP contribution in [0.1, 0.15) is 37.8 Å². The second-order valence-corrected chi connectivity index (χ2v) is 6.50. The average molecular weight is 319 g/mol. The number of benzene rings is 1. The second-order valence-electron chi connectivity index (χ2n) is 6.50. The molecule has 1 aromatic rings. The first-order valence-electron chi connectivity index (χ1n) is 8.54. The van der Waals surface area contributed by atoms with E-state index in [9.17, 15) is 9.90 Å². The van der Waals surface area contributed by atoms with Crippen LogP contribution in [-0.4, -0.2) is 37.4 Å². The predicted molar refractivity (Wildman–Crippen MR) is 93.7 cm³/mol. The van der Waals surface area contributed by atoms with E-state index in [-0.39, 0.29) is 18.5 Å². The maximum Gasteiger partial charge on any atom is 0.315 e. The van der Waals surface area contributed by atoms with Crippen molar-refractivity contribution < 1.29 is 9.90 Å². The molecule has 2 rings (SSSR count). The van der Waals surface area contributed by atoms with E-state index in [1.54, 1.807) is 0 Å². The molecule has 128 valence electrons. The summed E-state index contributed by atoms with van der Waals surface area (Å²) in [5.41, 5.74) is 3.75. The summed E-state index contributed by atoms with van der Waals surface area (Å²) >= 11 is 0. The fraction of sp³-hybridized carbons (Fsp3) is 0.611. The molecule has 0 radical (unpaired) electrons. The quantitative estimate of drug-likeness (QED) is 0.754. The van der Waals surface area contributed by atoms with Gasteiger partial charge in [-0.15, -0.1) is 0 Å². The zero-order valence-corrected chi connectivity index (χ0v) is 14.4. The lowest BCUT2D eigenvalue weighted by Gasteiger charge is -2.27. The highest BCUT2D eigenvalue weighted by molar-refractivity contribution is 5.73. The number of nitrogens with one attached hydrogen (secondary N) is 2. The molecule has 5 heteroatoms. The van der Waals surface area contributed by atoms with Crippen molar-refractivity contribution in [1.29, 1.82) is 0 Å². The first-order chi connectivity index (χ1) is 11.0. The summed E-state index contributed by atoms with van der Waals surface area (Å²) in [5, 5.41) is 15.4. The summed E-state index contributed by atoms with van der Waals surface area (Å²) in [6, 6.07) is 6.15. The first kappa shape index (κ1) is 17.6. The van der Waals surface area contributed by atoms with Gasteiger partial charge in [0.05, 0.1) is 6.10 Å². The van der Waals surface area contributed by atoms with Gasteiger partial charge >= 0.3 is 6.03 Å². The van der Waals surface area contributed by atoms with E-state index in [2.05, 4.69) is 40.8 Å². The van der Waals surface area contributed by atoms with Crippen LogP contribution in [0.4, 0.5) is 10.5 Å². The Morgan fingerprint density at radius 2 is 2.17 bits per heavy atom. The van der Waals surface area contributed by atoms with Gasteiger partial charge in [-0.2, -0.15) is 0 Å². The third kappa shape index (κ3) is 4.86. The van der Waals surface area contributed by atoms with E-state index in [0.717, 1.165) is 24.9 Å². The van der Waals surface area contributed by atoms with Crippen molar-refractivity contribution in [1.82, 2.24) is 10.6 Å². The molecule has 0 fully saturated rings. The summed E-state index contributed by atoms with van der Waals surface area (Å²) in [7, 11) is 2.12. The smallest absolute Gasteiger partial charge is 0.315 e. The van der Waals surface area contributed by atoms with Gasteiger partial charge in [0, 0.05) is 32.4 Å². The van der Waals surface area contributed by atoms with Crippen molar-refractivity contribution in [3.8, 4) is 0 Å². The molecular formula is C18H29N3O2. The van der Waals surface area contributed by atoms with Gasteiger partial charge in [0.15, 0.2) is 0 Å². The number of urea groups is 1. The number of aliphatic hydroxyl groups excluding tert-OH is 1. The van der Waals surface area contributed by atoms with E-state index in [1.807, 2.05) is 13.8 Å². The highest BCUT2D eigenvalue weighted by atomic mass is 16.3. The molecule has 2 amide bonds. The van der Waals surface area contributed by atoms with Crippen LogP contribution in [-0.2, 0) is 13.0 Å². The number of hydrogen-bond acceptors (Lipinski definition) is 3. The summed E-state index contributed by atoms with van der Waals surface area (Å²) in [6.45, 7) is 5.90. The maximum absolute atomic E-state index is 11.8. The second kappa shape index (κ2) is 8.20. The first-order valence-corrected chi connectivity index (χ1v) is 8.54. The van der Waals surface area contributed by atoms with E-state index in [1.165, 1.54) is 17.7 Å². The molecule has 0 saturated heterocycles. The van der Waals surface area contributed by atoms with Crippen molar-refractivity contribution in [2.24, 2.45) is 5.92 Å². The summed E-state index contributed by atoms with van der Waals surface area (Å²) in [5.74, 6) is 0.188. The molecule has 0 spiro atoms. The molecule has 23 heavy (non-hydrogen) atoms. The Labute approximate surface area is 139 Å². The number of aryl methyl sites for hydroxylation is 1. The van der Waals surface area contributed by atoms with Crippen molar-refractivity contribution in [2.75, 3.05) is 25.0 Å². The van der Waals surface area contributed by atoms with Crippen LogP contribution >= 0.6 is 0 Å². The van der Waals surface area contributed by atoms with Crippen LogP contribution in [0, 0.1) is 5.92 Å². The summed E-state index contributed by atoms with van der Waals surface area (Å²) in [6.07, 6.45) is 2.67. The third-order valence-corrected chi connectivity index (χ3v) is 4.72. The third-order valence-electron chi connectivity index (χ3n) is 4.72. The minimum atomic E-state index is -0.495. The normalized spacial score (nSPS) is 16.4. The molecule has 5 nitrogen and oxygen atoms in total. The zero-order valence-electron chi connectivity index (χ0n) is 14.4. The fourth-order valence-electron chi connectivity index (χ4n) is 2.86. The highest BCUT2D eigenvalue weighted by Gasteiger charge is 2.15. The summed E-state index contributed by atoms with van der Waals surface area (Å²) < 4.78 is 0. The van der Waals surface area contributed by atoms with Crippen LogP contribution in [0.2, 0.25) is 0 Å². The molecule has 1 aromatic carbocycles. The van der Waals surface area contributed by atoms with Crippen LogP contribution in [0.5, 0.6) is 0 Å². The minimum Gasteiger partial charge on any atom is -0.391 e. The number of hydrogen-bond donors (Lipinski definition) is 3. The van der Waals surface area contributed by atoms with Gasteiger partial charge in [0.25, 0.3) is 0 Å². The number of fused-ring (bicyclic) bond motifs is 1. The van der Waals surface area contributed by atoms with Crippen molar-refractivity contribution in [3.05, 3.63) is 29.3 Å². The Hall–Kier alpha value is -1.75. The maximum atomic E-state index is 11.8. The number of anilines is 1. The number of carbonyl (C=O) groups is 1. The topological polar surface area (TPSA) is 64.6 Å². The van der Waals surface area contributed by atoms with Gasteiger partial charge in [-0.25, -0.2) is 4.79 Å². The van der Waals surface area contributed by atoms with E-state index >= 15 is 0 Å². The van der Waals surface area contributed by atoms with E-state index in [0.29, 0.717) is 6.54 Å². The number of rotatable bonds is 6. The lowest BCUT2D eigenvalue weighted by molar-refractivity contribution is 0.114. The average Bonchev–Trinajstić information content (AvgIpc) is 2.57. The number of carbonyl (C=O) groups excluding carboxylic acids is 1. The Morgan fingerprint density at radius 1 is 1.39 bits per heavy atom. The van der Waals surface area contributed by atoms with E-state index in [4.69, 9.17) is 0 Å². The van der Waals surface area contributed by atoms with Gasteiger partial charge in [0.1, 0.15) is 0 Å². The zero-order chi connectivity index (χ0) is 16.8. The fourth-order valence-corrected chi connectivity index (χ4v) is 2.86. The molecule has 0 aliphatic carbocycles. The van der Waals surface area contributed by atoms with Crippen LogP contribution < -0.4 is 15.5 Å². The minimum absolute atomic E-state index is 0.188. The van der Waals surface area contributed by atoms with Crippen molar-refractivity contribution in [3.63, 3.8) is 0 Å². The van der Waals surface area contributed by atoms with E-state index < -0.39 is 6.10 Å². The van der Waals surface area contributed by atoms with Crippen LogP contribution in [0.3, 0.4) is 0 Å². The lowest BCUT2D eigenvalue weighted by Crippen LogP contribution is -2.41. The van der Waals surface area contributed by atoms with Gasteiger partial charge in [-0.1, -0.05) is 32.4 Å². The van der Waals surface area contributed by atoms with Gasteiger partial charge in [0.2, 0.25) is 0 Å². The van der Waals surface area contributed by atoms with Crippen molar-refractivity contribution in [2.45, 2.75) is 45.8 Å². The molecular weight excluding hydrogens is 290 g/mol. The van der Waals surface area contributed by atoms with Crippen LogP contribution in [0.25, 0.3) is 0 Å². The number of amides is 2. The monoisotopic (exact) mass is 319 g/mol. The molecule has 1 heterocycles. The Morgan fingerprint density at radius 3 is 2.91 bits per heavy atom. The molecule has 0 saturated carbocycles. The van der Waals surface area contributed by atoms with Crippen molar-refractivity contribution >= 4 is 11.7 Å². The Bertz CT molecular complexity index is 533. The standard InChI is InChI=1S/C18H29N3O2/c1-4-13(2)17(22)12-20-18(23)19-11-14-7-8-16-15(10-14)6-5-9-21(16)3/h7-8,10,13,17,22H,4-6,9,11-12H2,1-3H3,(H2,19,20,23). The SMILES string of the molecule is CCC(C)C(O)CNC(=O)NCc1ccc2c(c1)CCCN2C. The largest absolute Gasteiger partial charge is 0.391 e. The molecule has 1 aliphatic heterocycles. The lowest BCUT2D eigenvalue weighted by atomic mass is 9.99.